The summed E-state index contributed by atoms with van der Waals surface area (Å²) in [5.41, 5.74) is -1.09. The van der Waals surface area contributed by atoms with E-state index < -0.39 is 48.4 Å². The molecule has 1 rings (SSSR count). The Morgan fingerprint density at radius 2 is 1.81 bits per heavy atom. The van der Waals surface area contributed by atoms with Gasteiger partial charge in [0.1, 0.15) is 17.1 Å². The van der Waals surface area contributed by atoms with Crippen LogP contribution in [0.3, 0.4) is 0 Å². The fourth-order valence-electron chi connectivity index (χ4n) is 1.91. The Kier molecular flexibility index (Phi) is 6.71. The number of halogens is 3. The van der Waals surface area contributed by atoms with Crippen molar-refractivity contribution in [2.24, 2.45) is 5.92 Å². The van der Waals surface area contributed by atoms with Crippen molar-refractivity contribution in [2.45, 2.75) is 45.4 Å². The average Bonchev–Trinajstić information content (AvgIpc) is 2.43. The van der Waals surface area contributed by atoms with Gasteiger partial charge in [-0.15, -0.1) is 0 Å². The number of hydrogen-bond donors (Lipinski definition) is 2. The molecule has 26 heavy (non-hydrogen) atoms. The summed E-state index contributed by atoms with van der Waals surface area (Å²) >= 11 is 0. The number of rotatable bonds is 6. The average molecular weight is 376 g/mol. The minimum Gasteiger partial charge on any atom is -0.481 e. The Bertz CT molecular complexity index is 683. The lowest BCUT2D eigenvalue weighted by molar-refractivity contribution is -0.182. The zero-order valence-electron chi connectivity index (χ0n) is 14.4. The Morgan fingerprint density at radius 1 is 1.19 bits per heavy atom. The van der Waals surface area contributed by atoms with Crippen LogP contribution in [0.25, 0.3) is 0 Å². The molecule has 1 unspecified atom stereocenters. The van der Waals surface area contributed by atoms with Crippen LogP contribution in [0.15, 0.2) is 18.2 Å². The SMILES string of the molecule is CC(C)(C)OC(=O)Nc1cccc(C(=O)CC(CC(=O)O)C(F)(F)F)n1. The molecule has 0 aromatic carbocycles. The molecular weight excluding hydrogens is 357 g/mol. The Hall–Kier alpha value is -2.65. The van der Waals surface area contributed by atoms with Crippen LogP contribution in [0.1, 0.15) is 44.1 Å². The van der Waals surface area contributed by atoms with Crippen molar-refractivity contribution in [3.05, 3.63) is 23.9 Å². The summed E-state index contributed by atoms with van der Waals surface area (Å²) in [7, 11) is 0. The summed E-state index contributed by atoms with van der Waals surface area (Å²) in [5.74, 6) is -5.04. The van der Waals surface area contributed by atoms with Gasteiger partial charge in [-0.2, -0.15) is 13.2 Å². The third-order valence-electron chi connectivity index (χ3n) is 2.98. The number of ketones is 1. The molecule has 0 spiro atoms. The molecule has 0 fully saturated rings. The number of ether oxygens (including phenoxy) is 1. The third-order valence-corrected chi connectivity index (χ3v) is 2.98. The number of nitrogens with zero attached hydrogens (tertiary/aromatic N) is 1. The number of hydrogen-bond acceptors (Lipinski definition) is 5. The van der Waals surface area contributed by atoms with Crippen molar-refractivity contribution in [1.29, 1.82) is 0 Å². The number of carbonyl (C=O) groups excluding carboxylic acids is 2. The summed E-state index contributed by atoms with van der Waals surface area (Å²) < 4.78 is 43.6. The van der Waals surface area contributed by atoms with Crippen molar-refractivity contribution in [3.63, 3.8) is 0 Å². The quantitative estimate of drug-likeness (QED) is 0.734. The molecule has 0 aliphatic carbocycles. The van der Waals surface area contributed by atoms with Crippen molar-refractivity contribution in [2.75, 3.05) is 5.32 Å². The second-order valence-electron chi connectivity index (χ2n) is 6.50. The lowest BCUT2D eigenvalue weighted by Gasteiger charge is -2.19. The molecule has 7 nitrogen and oxygen atoms in total. The van der Waals surface area contributed by atoms with Gasteiger partial charge in [0.2, 0.25) is 0 Å². The van der Waals surface area contributed by atoms with Crippen molar-refractivity contribution in [3.8, 4) is 0 Å². The van der Waals surface area contributed by atoms with Gasteiger partial charge >= 0.3 is 18.2 Å². The van der Waals surface area contributed by atoms with Gasteiger partial charge < -0.3 is 9.84 Å². The molecule has 0 saturated heterocycles. The molecule has 0 aliphatic rings. The highest BCUT2D eigenvalue weighted by atomic mass is 19.4. The molecule has 1 aromatic rings. The van der Waals surface area contributed by atoms with E-state index in [0.29, 0.717) is 0 Å². The van der Waals surface area contributed by atoms with Crippen LogP contribution in [0.5, 0.6) is 0 Å². The Morgan fingerprint density at radius 3 is 2.31 bits per heavy atom. The monoisotopic (exact) mass is 376 g/mol. The van der Waals surface area contributed by atoms with Gasteiger partial charge in [0.15, 0.2) is 5.78 Å². The zero-order valence-corrected chi connectivity index (χ0v) is 14.4. The van der Waals surface area contributed by atoms with Crippen molar-refractivity contribution in [1.82, 2.24) is 4.98 Å². The van der Waals surface area contributed by atoms with E-state index in [-0.39, 0.29) is 11.5 Å². The van der Waals surface area contributed by atoms with Gasteiger partial charge in [-0.05, 0) is 32.9 Å². The van der Waals surface area contributed by atoms with E-state index >= 15 is 0 Å². The van der Waals surface area contributed by atoms with Gasteiger partial charge in [-0.25, -0.2) is 9.78 Å². The second-order valence-corrected chi connectivity index (χ2v) is 6.50. The smallest absolute Gasteiger partial charge is 0.413 e. The topological polar surface area (TPSA) is 106 Å². The van der Waals surface area contributed by atoms with E-state index in [4.69, 9.17) is 9.84 Å². The number of carboxylic acid groups (broad SMARTS) is 1. The van der Waals surface area contributed by atoms with E-state index in [1.807, 2.05) is 0 Å². The number of carbonyl (C=O) groups is 3. The number of aromatic nitrogens is 1. The highest BCUT2D eigenvalue weighted by molar-refractivity contribution is 5.95. The molecule has 2 N–H and O–H groups in total. The normalized spacial score (nSPS) is 13.0. The minimum absolute atomic E-state index is 0.0770. The molecule has 144 valence electrons. The van der Waals surface area contributed by atoms with E-state index in [9.17, 15) is 27.6 Å². The minimum atomic E-state index is -4.83. The van der Waals surface area contributed by atoms with Crippen LogP contribution < -0.4 is 5.32 Å². The number of Topliss-reactive ketones (excluding diaryl/α,β-unsaturated/α-hetero) is 1. The fourth-order valence-corrected chi connectivity index (χ4v) is 1.91. The molecule has 0 radical (unpaired) electrons. The molecule has 0 bridgehead atoms. The molecule has 1 amide bonds. The highest BCUT2D eigenvalue weighted by Crippen LogP contribution is 2.32. The van der Waals surface area contributed by atoms with Crippen LogP contribution in [0, 0.1) is 5.92 Å². The maximum Gasteiger partial charge on any atom is 0.413 e. The highest BCUT2D eigenvalue weighted by Gasteiger charge is 2.42. The van der Waals surface area contributed by atoms with Gasteiger partial charge in [0.25, 0.3) is 0 Å². The number of alkyl halides is 3. The summed E-state index contributed by atoms with van der Waals surface area (Å²) in [4.78, 5) is 38.1. The van der Waals surface area contributed by atoms with Crippen LogP contribution in [-0.4, -0.2) is 39.7 Å². The molecule has 0 saturated carbocycles. The lowest BCUT2D eigenvalue weighted by Crippen LogP contribution is -2.29. The van der Waals surface area contributed by atoms with Crippen LogP contribution in [0.4, 0.5) is 23.8 Å². The third kappa shape index (κ3) is 7.49. The van der Waals surface area contributed by atoms with Gasteiger partial charge in [-0.3, -0.25) is 14.9 Å². The molecule has 1 atom stereocenters. The summed E-state index contributed by atoms with van der Waals surface area (Å²) in [6.07, 6.45) is -7.95. The van der Waals surface area contributed by atoms with Crippen LogP contribution in [-0.2, 0) is 9.53 Å². The number of pyridine rings is 1. The molecular formula is C16H19F3N2O5. The van der Waals surface area contributed by atoms with Crippen molar-refractivity contribution < 1.29 is 37.4 Å². The van der Waals surface area contributed by atoms with Crippen LogP contribution >= 0.6 is 0 Å². The van der Waals surface area contributed by atoms with E-state index in [1.165, 1.54) is 18.2 Å². The van der Waals surface area contributed by atoms with Gasteiger partial charge in [0.05, 0.1) is 12.3 Å². The van der Waals surface area contributed by atoms with E-state index in [1.54, 1.807) is 20.8 Å². The summed E-state index contributed by atoms with van der Waals surface area (Å²) in [5, 5.41) is 10.8. The maximum atomic E-state index is 12.9. The number of amides is 1. The lowest BCUT2D eigenvalue weighted by atomic mass is 9.96. The van der Waals surface area contributed by atoms with Gasteiger partial charge in [0, 0.05) is 6.42 Å². The second kappa shape index (κ2) is 8.15. The van der Waals surface area contributed by atoms with E-state index in [2.05, 4.69) is 10.3 Å². The number of anilines is 1. The largest absolute Gasteiger partial charge is 0.481 e. The molecule has 10 heteroatoms. The summed E-state index contributed by atoms with van der Waals surface area (Å²) in [6, 6.07) is 3.84. The predicted octanol–water partition coefficient (Wildman–Crippen LogP) is 3.65. The maximum absolute atomic E-state index is 12.9. The summed E-state index contributed by atoms with van der Waals surface area (Å²) in [6.45, 7) is 4.92. The number of aliphatic carboxylic acids is 1. The molecule has 0 aliphatic heterocycles. The standard InChI is InChI=1S/C16H19F3N2O5/c1-15(2,3)26-14(25)21-12-6-4-5-10(20-12)11(22)7-9(8-13(23)24)16(17,18)19/h4-6,9H,7-8H2,1-3H3,(H,23,24)(H,20,21,25). The predicted molar refractivity (Wildman–Crippen MR) is 84.8 cm³/mol. The zero-order chi connectivity index (χ0) is 20.1. The number of carboxylic acids is 1. The van der Waals surface area contributed by atoms with Crippen LogP contribution in [0.2, 0.25) is 0 Å². The first-order valence-corrected chi connectivity index (χ1v) is 7.56. The number of nitrogens with one attached hydrogen (secondary N) is 1. The molecule has 1 aromatic heterocycles. The first kappa shape index (κ1) is 21.4. The van der Waals surface area contributed by atoms with E-state index in [0.717, 1.165) is 0 Å². The molecule has 1 heterocycles. The van der Waals surface area contributed by atoms with Crippen molar-refractivity contribution >= 4 is 23.7 Å². The van der Waals surface area contributed by atoms with Gasteiger partial charge in [-0.1, -0.05) is 6.07 Å². The first-order valence-electron chi connectivity index (χ1n) is 7.56. The Labute approximate surface area is 147 Å². The Balaban J connectivity index is 2.87. The first-order chi connectivity index (χ1) is 11.8. The fraction of sp³-hybridized carbons (Fsp3) is 0.500.